The van der Waals surface area contributed by atoms with Crippen LogP contribution in [0.15, 0.2) is 24.3 Å². The lowest BCUT2D eigenvalue weighted by molar-refractivity contribution is -0.138. The molecule has 1 heterocycles. The van der Waals surface area contributed by atoms with Gasteiger partial charge in [0.05, 0.1) is 5.56 Å². The third kappa shape index (κ3) is 4.57. The Morgan fingerprint density at radius 2 is 2.05 bits per heavy atom. The predicted octanol–water partition coefficient (Wildman–Crippen LogP) is 4.59. The maximum absolute atomic E-state index is 13.3. The van der Waals surface area contributed by atoms with Crippen LogP contribution in [0.4, 0.5) is 13.2 Å². The average Bonchev–Trinajstić information content (AvgIpc) is 2.48. The van der Waals surface area contributed by atoms with Crippen molar-refractivity contribution in [2.75, 3.05) is 23.8 Å². The SMILES string of the molecule is CCCNC(c1ccccc1C(F)(F)F)C1CSCCS1. The van der Waals surface area contributed by atoms with E-state index in [4.69, 9.17) is 0 Å². The molecule has 1 aliphatic rings. The number of halogens is 3. The summed E-state index contributed by atoms with van der Waals surface area (Å²) in [7, 11) is 0. The molecule has 2 rings (SSSR count). The minimum atomic E-state index is -4.30. The number of alkyl halides is 3. The molecule has 1 aliphatic heterocycles. The van der Waals surface area contributed by atoms with E-state index in [0.29, 0.717) is 5.56 Å². The van der Waals surface area contributed by atoms with Crippen molar-refractivity contribution in [3.05, 3.63) is 35.4 Å². The Hall–Kier alpha value is -0.330. The molecule has 0 amide bonds. The lowest BCUT2D eigenvalue weighted by Crippen LogP contribution is -2.35. The molecule has 0 spiro atoms. The summed E-state index contributed by atoms with van der Waals surface area (Å²) < 4.78 is 39.8. The Bertz CT molecular complexity index is 445. The van der Waals surface area contributed by atoms with Crippen LogP contribution in [0.5, 0.6) is 0 Å². The number of nitrogens with one attached hydrogen (secondary N) is 1. The second-order valence-electron chi connectivity index (χ2n) is 5.00. The molecule has 2 atom stereocenters. The highest BCUT2D eigenvalue weighted by Crippen LogP contribution is 2.39. The molecule has 1 saturated heterocycles. The quantitative estimate of drug-likeness (QED) is 0.845. The molecular formula is C15H20F3NS2. The highest BCUT2D eigenvalue weighted by molar-refractivity contribution is 8.06. The second kappa shape index (κ2) is 7.79. The zero-order valence-corrected chi connectivity index (χ0v) is 13.6. The van der Waals surface area contributed by atoms with Crippen LogP contribution in [-0.4, -0.2) is 29.1 Å². The van der Waals surface area contributed by atoms with Crippen LogP contribution in [0.3, 0.4) is 0 Å². The zero-order valence-electron chi connectivity index (χ0n) is 12.0. The zero-order chi connectivity index (χ0) is 15.3. The highest BCUT2D eigenvalue weighted by Gasteiger charge is 2.37. The number of thioether (sulfide) groups is 2. The summed E-state index contributed by atoms with van der Waals surface area (Å²) in [5.74, 6) is 2.99. The van der Waals surface area contributed by atoms with Gasteiger partial charge in [0.2, 0.25) is 0 Å². The molecule has 6 heteroatoms. The van der Waals surface area contributed by atoms with Crippen LogP contribution in [0.25, 0.3) is 0 Å². The van der Waals surface area contributed by atoms with Crippen LogP contribution in [-0.2, 0) is 6.18 Å². The first-order chi connectivity index (χ1) is 10.0. The normalized spacial score (nSPS) is 21.2. The predicted molar refractivity (Wildman–Crippen MR) is 86.0 cm³/mol. The first kappa shape index (κ1) is 17.0. The van der Waals surface area contributed by atoms with Crippen molar-refractivity contribution in [1.82, 2.24) is 5.32 Å². The van der Waals surface area contributed by atoms with Crippen LogP contribution in [0, 0.1) is 0 Å². The molecular weight excluding hydrogens is 315 g/mol. The summed E-state index contributed by atoms with van der Waals surface area (Å²) in [6.07, 6.45) is -3.38. The smallest absolute Gasteiger partial charge is 0.309 e. The Kier molecular flexibility index (Phi) is 6.32. The first-order valence-corrected chi connectivity index (χ1v) is 9.33. The van der Waals surface area contributed by atoms with Gasteiger partial charge < -0.3 is 5.32 Å². The molecule has 0 aliphatic carbocycles. The fourth-order valence-corrected chi connectivity index (χ4v) is 5.33. The third-order valence-electron chi connectivity index (χ3n) is 3.43. The van der Waals surface area contributed by atoms with E-state index in [9.17, 15) is 13.2 Å². The van der Waals surface area contributed by atoms with E-state index in [1.165, 1.54) is 12.1 Å². The van der Waals surface area contributed by atoms with Gasteiger partial charge in [-0.05, 0) is 24.6 Å². The monoisotopic (exact) mass is 335 g/mol. The van der Waals surface area contributed by atoms with E-state index in [1.807, 2.05) is 18.7 Å². The van der Waals surface area contributed by atoms with Gasteiger partial charge in [-0.15, -0.1) is 0 Å². The van der Waals surface area contributed by atoms with Gasteiger partial charge in [0.1, 0.15) is 0 Å². The summed E-state index contributed by atoms with van der Waals surface area (Å²) in [5.41, 5.74) is -0.117. The fraction of sp³-hybridized carbons (Fsp3) is 0.600. The molecule has 1 N–H and O–H groups in total. The third-order valence-corrected chi connectivity index (χ3v) is 6.29. The van der Waals surface area contributed by atoms with E-state index in [-0.39, 0.29) is 11.3 Å². The van der Waals surface area contributed by atoms with E-state index >= 15 is 0 Å². The van der Waals surface area contributed by atoms with Crippen molar-refractivity contribution in [3.63, 3.8) is 0 Å². The molecule has 0 bridgehead atoms. The summed E-state index contributed by atoms with van der Waals surface area (Å²) in [6.45, 7) is 2.76. The fourth-order valence-electron chi connectivity index (χ4n) is 2.47. The van der Waals surface area contributed by atoms with Gasteiger partial charge in [-0.25, -0.2) is 0 Å². The molecule has 1 nitrogen and oxygen atoms in total. The molecule has 21 heavy (non-hydrogen) atoms. The number of hydrogen-bond acceptors (Lipinski definition) is 3. The molecule has 1 aromatic rings. The van der Waals surface area contributed by atoms with Crippen LogP contribution in [0.1, 0.15) is 30.5 Å². The van der Waals surface area contributed by atoms with Gasteiger partial charge in [-0.1, -0.05) is 25.1 Å². The largest absolute Gasteiger partial charge is 0.416 e. The lowest BCUT2D eigenvalue weighted by Gasteiger charge is -2.32. The molecule has 1 fully saturated rings. The van der Waals surface area contributed by atoms with Crippen LogP contribution < -0.4 is 5.32 Å². The molecule has 0 saturated carbocycles. The van der Waals surface area contributed by atoms with Gasteiger partial charge in [-0.3, -0.25) is 0 Å². The molecule has 2 unspecified atom stereocenters. The van der Waals surface area contributed by atoms with E-state index in [1.54, 1.807) is 23.9 Å². The topological polar surface area (TPSA) is 12.0 Å². The van der Waals surface area contributed by atoms with E-state index < -0.39 is 11.7 Å². The van der Waals surface area contributed by atoms with Gasteiger partial charge >= 0.3 is 6.18 Å². The Balaban J connectivity index is 2.31. The summed E-state index contributed by atoms with van der Waals surface area (Å²) in [6, 6.07) is 5.74. The minimum Gasteiger partial charge on any atom is -0.309 e. The van der Waals surface area contributed by atoms with Crippen molar-refractivity contribution in [1.29, 1.82) is 0 Å². The highest BCUT2D eigenvalue weighted by atomic mass is 32.2. The van der Waals surface area contributed by atoms with Gasteiger partial charge in [0.25, 0.3) is 0 Å². The second-order valence-corrected chi connectivity index (χ2v) is 7.50. The van der Waals surface area contributed by atoms with Crippen molar-refractivity contribution in [2.45, 2.75) is 30.8 Å². The van der Waals surface area contributed by atoms with Gasteiger partial charge in [0.15, 0.2) is 0 Å². The molecule has 0 aromatic heterocycles. The number of rotatable bonds is 5. The van der Waals surface area contributed by atoms with Crippen molar-refractivity contribution in [2.24, 2.45) is 0 Å². The van der Waals surface area contributed by atoms with E-state index in [0.717, 1.165) is 30.2 Å². The molecule has 118 valence electrons. The van der Waals surface area contributed by atoms with Gasteiger partial charge in [0, 0.05) is 28.6 Å². The first-order valence-electron chi connectivity index (χ1n) is 7.13. The maximum atomic E-state index is 13.3. The maximum Gasteiger partial charge on any atom is 0.416 e. The van der Waals surface area contributed by atoms with E-state index in [2.05, 4.69) is 5.32 Å². The standard InChI is InChI=1S/C15H20F3NS2/c1-2-7-19-14(13-10-20-8-9-21-13)11-5-3-4-6-12(11)15(16,17)18/h3-6,13-14,19H,2,7-10H2,1H3. The van der Waals surface area contributed by atoms with Crippen LogP contribution >= 0.6 is 23.5 Å². The minimum absolute atomic E-state index is 0.193. The summed E-state index contributed by atoms with van der Waals surface area (Å²) >= 11 is 3.62. The average molecular weight is 335 g/mol. The summed E-state index contributed by atoms with van der Waals surface area (Å²) in [5, 5.41) is 3.53. The number of benzene rings is 1. The molecule has 1 aromatic carbocycles. The van der Waals surface area contributed by atoms with Crippen molar-refractivity contribution < 1.29 is 13.2 Å². The number of hydrogen-bond donors (Lipinski definition) is 1. The Morgan fingerprint density at radius 1 is 1.29 bits per heavy atom. The molecule has 0 radical (unpaired) electrons. The van der Waals surface area contributed by atoms with Crippen molar-refractivity contribution in [3.8, 4) is 0 Å². The van der Waals surface area contributed by atoms with Crippen LogP contribution in [0.2, 0.25) is 0 Å². The van der Waals surface area contributed by atoms with Gasteiger partial charge in [-0.2, -0.15) is 36.7 Å². The Labute approximate surface area is 132 Å². The lowest BCUT2D eigenvalue weighted by atomic mass is 9.97. The Morgan fingerprint density at radius 3 is 2.67 bits per heavy atom. The van der Waals surface area contributed by atoms with Crippen molar-refractivity contribution >= 4 is 23.5 Å². The summed E-state index contributed by atoms with van der Waals surface area (Å²) in [4.78, 5) is 0.